The molecule has 0 radical (unpaired) electrons. The van der Waals surface area contributed by atoms with Crippen LogP contribution in [-0.2, 0) is 0 Å². The molecule has 0 unspecified atom stereocenters. The fourth-order valence-electron chi connectivity index (χ4n) is 3.68. The van der Waals surface area contributed by atoms with E-state index in [1.807, 2.05) is 24.4 Å². The summed E-state index contributed by atoms with van der Waals surface area (Å²) in [7, 11) is 1.56. The molecular formula is C25H26N4O3S3. The number of aromatic nitrogens is 1. The summed E-state index contributed by atoms with van der Waals surface area (Å²) in [5.41, 5.74) is 2.94. The van der Waals surface area contributed by atoms with E-state index >= 15 is 0 Å². The number of benzene rings is 1. The average molecular weight is 527 g/mol. The highest BCUT2D eigenvalue weighted by molar-refractivity contribution is 8.01. The Morgan fingerprint density at radius 1 is 1.34 bits per heavy atom. The van der Waals surface area contributed by atoms with Crippen molar-refractivity contribution in [3.05, 3.63) is 76.8 Å². The van der Waals surface area contributed by atoms with Gasteiger partial charge < -0.3 is 15.0 Å². The van der Waals surface area contributed by atoms with Crippen LogP contribution in [0.25, 0.3) is 0 Å². The smallest absolute Gasteiger partial charge is 0.258 e. The lowest BCUT2D eigenvalue weighted by Crippen LogP contribution is -2.37. The molecular weight excluding hydrogens is 501 g/mol. The number of hydrogen-bond donors (Lipinski definition) is 2. The normalized spacial score (nSPS) is 15.0. The van der Waals surface area contributed by atoms with E-state index in [0.29, 0.717) is 28.6 Å². The van der Waals surface area contributed by atoms with Gasteiger partial charge in [-0.25, -0.2) is 4.98 Å². The summed E-state index contributed by atoms with van der Waals surface area (Å²) in [5.74, 6) is 0.175. The van der Waals surface area contributed by atoms with Crippen molar-refractivity contribution >= 4 is 51.4 Å². The molecule has 0 bridgehead atoms. The van der Waals surface area contributed by atoms with Crippen molar-refractivity contribution < 1.29 is 14.3 Å². The summed E-state index contributed by atoms with van der Waals surface area (Å²) >= 11 is 4.36. The standard InChI is InChI=1S/C25H26N4O3S3/c1-5-16(3)29-8-6-18(13-29)27-24(31)19-11-21(15(2)10-20(19)32-4)34-22-12-26-25(35-22)28-23(30)17-7-9-33-14-17/h5,7,9-12,14,18H,1,3,6,8,13H2,2,4H3,(H,27,31)(H,26,28,30)/t18-/m1/s1. The van der Waals surface area contributed by atoms with Gasteiger partial charge in [-0.3, -0.25) is 14.9 Å². The number of aryl methyl sites for hydroxylation is 1. The molecule has 7 nitrogen and oxygen atoms in total. The molecule has 2 amide bonds. The molecule has 1 fully saturated rings. The van der Waals surface area contributed by atoms with Crippen LogP contribution in [0.1, 0.15) is 32.7 Å². The molecule has 1 atom stereocenters. The number of amides is 2. The number of likely N-dealkylation sites (tertiary alicyclic amines) is 1. The molecule has 1 aliphatic heterocycles. The van der Waals surface area contributed by atoms with E-state index in [2.05, 4.69) is 33.7 Å². The number of nitrogens with zero attached hydrogens (tertiary/aromatic N) is 2. The molecule has 1 saturated heterocycles. The number of anilines is 1. The minimum Gasteiger partial charge on any atom is -0.496 e. The summed E-state index contributed by atoms with van der Waals surface area (Å²) in [6.07, 6.45) is 4.30. The van der Waals surface area contributed by atoms with Gasteiger partial charge in [-0.15, -0.1) is 0 Å². The van der Waals surface area contributed by atoms with E-state index in [9.17, 15) is 9.59 Å². The third-order valence-electron chi connectivity index (χ3n) is 5.61. The third-order valence-corrected chi connectivity index (χ3v) is 8.46. The fourth-order valence-corrected chi connectivity index (χ4v) is 6.26. The number of carbonyl (C=O) groups is 2. The Balaban J connectivity index is 1.46. The Hall–Kier alpha value is -3.08. The van der Waals surface area contributed by atoms with Crippen LogP contribution in [0.2, 0.25) is 0 Å². The van der Waals surface area contributed by atoms with E-state index in [0.717, 1.165) is 33.3 Å². The summed E-state index contributed by atoms with van der Waals surface area (Å²) in [4.78, 5) is 32.8. The number of ether oxygens (including phenoxy) is 1. The van der Waals surface area contributed by atoms with Gasteiger partial charge >= 0.3 is 0 Å². The summed E-state index contributed by atoms with van der Waals surface area (Å²) in [6, 6.07) is 5.53. The maximum atomic E-state index is 13.2. The number of hydrogen-bond acceptors (Lipinski definition) is 8. The zero-order chi connectivity index (χ0) is 24.9. The van der Waals surface area contributed by atoms with Crippen molar-refractivity contribution in [2.75, 3.05) is 25.5 Å². The Kier molecular flexibility index (Phi) is 7.94. The maximum absolute atomic E-state index is 13.2. The van der Waals surface area contributed by atoms with Crippen molar-refractivity contribution in [3.63, 3.8) is 0 Å². The molecule has 0 aliphatic carbocycles. The van der Waals surface area contributed by atoms with E-state index < -0.39 is 0 Å². The van der Waals surface area contributed by atoms with Crippen LogP contribution in [0.15, 0.2) is 69.2 Å². The van der Waals surface area contributed by atoms with Gasteiger partial charge in [-0.05, 0) is 48.6 Å². The van der Waals surface area contributed by atoms with Gasteiger partial charge in [0.25, 0.3) is 11.8 Å². The minimum absolute atomic E-state index is 0.0252. The predicted molar refractivity (Wildman–Crippen MR) is 143 cm³/mol. The first kappa shape index (κ1) is 25.0. The van der Waals surface area contributed by atoms with Crippen LogP contribution in [-0.4, -0.2) is 47.9 Å². The van der Waals surface area contributed by atoms with Gasteiger partial charge in [0.1, 0.15) is 5.75 Å². The zero-order valence-electron chi connectivity index (χ0n) is 19.5. The molecule has 0 saturated carbocycles. The zero-order valence-corrected chi connectivity index (χ0v) is 21.9. The number of nitrogens with one attached hydrogen (secondary N) is 2. The lowest BCUT2D eigenvalue weighted by molar-refractivity contribution is 0.0934. The molecule has 2 N–H and O–H groups in total. The molecule has 2 aromatic heterocycles. The molecule has 0 spiro atoms. The predicted octanol–water partition coefficient (Wildman–Crippen LogP) is 5.43. The Bertz CT molecular complexity index is 1250. The Morgan fingerprint density at radius 2 is 2.17 bits per heavy atom. The lowest BCUT2D eigenvalue weighted by Gasteiger charge is -2.19. The molecule has 10 heteroatoms. The first-order chi connectivity index (χ1) is 16.9. The fraction of sp³-hybridized carbons (Fsp3) is 0.240. The van der Waals surface area contributed by atoms with Gasteiger partial charge in [-0.2, -0.15) is 11.3 Å². The van der Waals surface area contributed by atoms with Crippen LogP contribution in [0.5, 0.6) is 5.75 Å². The molecule has 1 aromatic carbocycles. The highest BCUT2D eigenvalue weighted by Gasteiger charge is 2.26. The highest BCUT2D eigenvalue weighted by atomic mass is 32.2. The van der Waals surface area contributed by atoms with Crippen molar-refractivity contribution in [3.8, 4) is 5.75 Å². The minimum atomic E-state index is -0.182. The van der Waals surface area contributed by atoms with E-state index in [4.69, 9.17) is 4.74 Å². The van der Waals surface area contributed by atoms with Crippen LogP contribution >= 0.6 is 34.4 Å². The van der Waals surface area contributed by atoms with Crippen LogP contribution in [0, 0.1) is 6.92 Å². The van der Waals surface area contributed by atoms with Crippen molar-refractivity contribution in [1.29, 1.82) is 0 Å². The second-order valence-electron chi connectivity index (χ2n) is 7.97. The number of methoxy groups -OCH3 is 1. The first-order valence-electron chi connectivity index (χ1n) is 10.9. The van der Waals surface area contributed by atoms with Crippen molar-refractivity contribution in [2.24, 2.45) is 0 Å². The van der Waals surface area contributed by atoms with E-state index in [1.165, 1.54) is 34.4 Å². The Morgan fingerprint density at radius 3 is 2.89 bits per heavy atom. The number of allylic oxidation sites excluding steroid dienone is 1. The second kappa shape index (κ2) is 11.1. The van der Waals surface area contributed by atoms with Crippen LogP contribution < -0.4 is 15.4 Å². The summed E-state index contributed by atoms with van der Waals surface area (Å²) in [5, 5.41) is 10.1. The Labute approximate surface area is 216 Å². The second-order valence-corrected chi connectivity index (χ2v) is 11.1. The number of thiophene rings is 1. The largest absolute Gasteiger partial charge is 0.496 e. The maximum Gasteiger partial charge on any atom is 0.258 e. The summed E-state index contributed by atoms with van der Waals surface area (Å²) in [6.45, 7) is 11.3. The van der Waals surface area contributed by atoms with Crippen molar-refractivity contribution in [2.45, 2.75) is 28.5 Å². The monoisotopic (exact) mass is 526 g/mol. The first-order valence-corrected chi connectivity index (χ1v) is 13.5. The average Bonchev–Trinajstić information content (AvgIpc) is 3.62. The quantitative estimate of drug-likeness (QED) is 0.362. The third kappa shape index (κ3) is 5.95. The number of rotatable bonds is 9. The highest BCUT2D eigenvalue weighted by Crippen LogP contribution is 2.38. The van der Waals surface area contributed by atoms with E-state index in [-0.39, 0.29) is 17.9 Å². The van der Waals surface area contributed by atoms with Gasteiger partial charge in [0.2, 0.25) is 0 Å². The van der Waals surface area contributed by atoms with Crippen molar-refractivity contribution in [1.82, 2.24) is 15.2 Å². The van der Waals surface area contributed by atoms with Crippen LogP contribution in [0.4, 0.5) is 5.13 Å². The molecule has 3 aromatic rings. The number of thiazole rings is 1. The lowest BCUT2D eigenvalue weighted by atomic mass is 10.1. The van der Waals surface area contributed by atoms with Gasteiger partial charge in [0, 0.05) is 35.1 Å². The SMILES string of the molecule is C=CC(=C)N1CC[C@@H](NC(=O)c2cc(Sc3cnc(NC(=O)c4ccsc4)s3)c(C)cc2OC)C1. The van der Waals surface area contributed by atoms with Gasteiger partial charge in [-0.1, -0.05) is 36.3 Å². The van der Waals surface area contributed by atoms with Crippen LogP contribution in [0.3, 0.4) is 0 Å². The molecule has 4 rings (SSSR count). The van der Waals surface area contributed by atoms with Gasteiger partial charge in [0.15, 0.2) is 5.13 Å². The van der Waals surface area contributed by atoms with E-state index in [1.54, 1.807) is 30.8 Å². The topological polar surface area (TPSA) is 83.6 Å². The molecule has 3 heterocycles. The summed E-state index contributed by atoms with van der Waals surface area (Å²) < 4.78 is 6.42. The molecule has 1 aliphatic rings. The van der Waals surface area contributed by atoms with Gasteiger partial charge in [0.05, 0.1) is 28.6 Å². The molecule has 35 heavy (non-hydrogen) atoms. The number of carbonyl (C=O) groups excluding carboxylic acids is 2. The molecule has 182 valence electrons.